The van der Waals surface area contributed by atoms with E-state index in [-0.39, 0.29) is 30.4 Å². The third-order valence-electron chi connectivity index (χ3n) is 5.47. The van der Waals surface area contributed by atoms with Crippen molar-refractivity contribution < 1.29 is 9.59 Å². The second-order valence-corrected chi connectivity index (χ2v) is 9.25. The molecule has 0 saturated carbocycles. The maximum atomic E-state index is 13.4. The van der Waals surface area contributed by atoms with Gasteiger partial charge in [-0.3, -0.25) is 9.59 Å². The molecule has 0 fully saturated rings. The molecule has 2 heterocycles. The largest absolute Gasteiger partial charge is 0.331 e. The van der Waals surface area contributed by atoms with Crippen LogP contribution in [-0.2, 0) is 16.0 Å². The normalized spacial score (nSPS) is 16.0. The van der Waals surface area contributed by atoms with Gasteiger partial charge in [-0.25, -0.2) is 0 Å². The lowest BCUT2D eigenvalue weighted by Gasteiger charge is -2.38. The molecule has 0 aliphatic carbocycles. The molecule has 3 rings (SSSR count). The quantitative estimate of drug-likeness (QED) is 0.595. The molecule has 0 saturated heterocycles. The highest BCUT2D eigenvalue weighted by molar-refractivity contribution is 7.10. The van der Waals surface area contributed by atoms with E-state index in [0.29, 0.717) is 18.0 Å². The summed E-state index contributed by atoms with van der Waals surface area (Å²) >= 11 is 7.83. The lowest BCUT2D eigenvalue weighted by atomic mass is 9.93. The van der Waals surface area contributed by atoms with E-state index < -0.39 is 0 Å². The number of rotatable bonds is 7. The summed E-state index contributed by atoms with van der Waals surface area (Å²) in [5.74, 6) is 0.0619. The summed E-state index contributed by atoms with van der Waals surface area (Å²) in [6.07, 6.45) is 3.18. The maximum absolute atomic E-state index is 13.4. The van der Waals surface area contributed by atoms with Gasteiger partial charge in [-0.05, 0) is 61.4 Å². The number of thiophene rings is 1. The van der Waals surface area contributed by atoms with E-state index in [1.54, 1.807) is 16.2 Å². The van der Waals surface area contributed by atoms with Crippen molar-refractivity contribution in [2.24, 2.45) is 0 Å². The lowest BCUT2D eigenvalue weighted by molar-refractivity contribution is -0.143. The molecule has 1 aromatic heterocycles. The van der Waals surface area contributed by atoms with Crippen LogP contribution in [0.3, 0.4) is 0 Å². The van der Waals surface area contributed by atoms with Gasteiger partial charge in [0.1, 0.15) is 6.54 Å². The predicted molar refractivity (Wildman–Crippen MR) is 119 cm³/mol. The van der Waals surface area contributed by atoms with E-state index in [2.05, 4.69) is 18.4 Å². The summed E-state index contributed by atoms with van der Waals surface area (Å²) in [5, 5.41) is 2.77. The number of amides is 2. The summed E-state index contributed by atoms with van der Waals surface area (Å²) in [6.45, 7) is 6.81. The monoisotopic (exact) mass is 432 g/mol. The minimum Gasteiger partial charge on any atom is -0.331 e. The minimum absolute atomic E-state index is 0.000323. The number of unbranched alkanes of at least 4 members (excludes halogenated alkanes) is 1. The summed E-state index contributed by atoms with van der Waals surface area (Å²) in [4.78, 5) is 31.0. The number of fused-ring (bicyclic) bond motifs is 1. The van der Waals surface area contributed by atoms with E-state index in [4.69, 9.17) is 11.6 Å². The van der Waals surface area contributed by atoms with Gasteiger partial charge in [-0.15, -0.1) is 11.3 Å². The molecule has 0 spiro atoms. The maximum Gasteiger partial charge on any atom is 0.243 e. The van der Waals surface area contributed by atoms with Gasteiger partial charge < -0.3 is 9.80 Å². The van der Waals surface area contributed by atoms with Crippen molar-refractivity contribution >= 4 is 34.8 Å². The van der Waals surface area contributed by atoms with Crippen molar-refractivity contribution in [3.8, 4) is 0 Å². The summed E-state index contributed by atoms with van der Waals surface area (Å²) in [7, 11) is 0. The molecule has 0 radical (unpaired) electrons. The number of carbonyl (C=O) groups excluding carboxylic acids is 2. The van der Waals surface area contributed by atoms with Crippen molar-refractivity contribution in [2.45, 2.75) is 58.5 Å². The molecule has 29 heavy (non-hydrogen) atoms. The Kier molecular flexibility index (Phi) is 7.36. The van der Waals surface area contributed by atoms with Crippen molar-refractivity contribution in [1.82, 2.24) is 9.80 Å². The highest BCUT2D eigenvalue weighted by Gasteiger charge is 2.34. The van der Waals surface area contributed by atoms with E-state index in [1.807, 2.05) is 43.0 Å². The zero-order valence-electron chi connectivity index (χ0n) is 17.4. The average Bonchev–Trinajstić information content (AvgIpc) is 3.18. The molecule has 1 atom stereocenters. The van der Waals surface area contributed by atoms with Crippen LogP contribution in [0.25, 0.3) is 0 Å². The van der Waals surface area contributed by atoms with E-state index >= 15 is 0 Å². The third kappa shape index (κ3) is 5.01. The third-order valence-corrected chi connectivity index (χ3v) is 6.71. The second-order valence-electron chi connectivity index (χ2n) is 7.81. The van der Waals surface area contributed by atoms with Crippen LogP contribution in [0.2, 0.25) is 5.02 Å². The van der Waals surface area contributed by atoms with Gasteiger partial charge in [0.2, 0.25) is 11.8 Å². The molecule has 1 aliphatic heterocycles. The first kappa shape index (κ1) is 21.8. The van der Waals surface area contributed by atoms with Gasteiger partial charge in [0.05, 0.1) is 6.04 Å². The zero-order valence-corrected chi connectivity index (χ0v) is 18.9. The number of carbonyl (C=O) groups is 2. The van der Waals surface area contributed by atoms with E-state index in [0.717, 1.165) is 24.8 Å². The first-order valence-electron chi connectivity index (χ1n) is 10.3. The molecule has 1 aliphatic rings. The van der Waals surface area contributed by atoms with Crippen LogP contribution in [0.4, 0.5) is 0 Å². The first-order chi connectivity index (χ1) is 13.9. The topological polar surface area (TPSA) is 40.6 Å². The molecule has 0 bridgehead atoms. The number of hydrogen-bond acceptors (Lipinski definition) is 3. The number of nitrogens with zero attached hydrogens (tertiary/aromatic N) is 2. The Hall–Kier alpha value is -1.85. The molecule has 1 aromatic carbocycles. The van der Waals surface area contributed by atoms with Gasteiger partial charge in [-0.1, -0.05) is 37.1 Å². The first-order valence-corrected chi connectivity index (χ1v) is 11.6. The molecule has 2 aromatic rings. The number of halogens is 1. The average molecular weight is 433 g/mol. The molecule has 156 valence electrons. The number of benzene rings is 1. The standard InChI is InChI=1S/C23H29ClN2O2S/c1-4-5-6-21(27)26(16(2)3)15-22(28)25-13-11-20-19(12-14-29-20)23(25)17-7-9-18(24)10-8-17/h7-10,12,14,16,23H,4-6,11,13,15H2,1-3H3/t23-/m1/s1. The summed E-state index contributed by atoms with van der Waals surface area (Å²) in [5.41, 5.74) is 2.24. The highest BCUT2D eigenvalue weighted by Crippen LogP contribution is 2.38. The van der Waals surface area contributed by atoms with Gasteiger partial charge in [0, 0.05) is 28.9 Å². The van der Waals surface area contributed by atoms with Crippen molar-refractivity contribution in [1.29, 1.82) is 0 Å². The van der Waals surface area contributed by atoms with E-state index in [9.17, 15) is 9.59 Å². The Morgan fingerprint density at radius 3 is 2.62 bits per heavy atom. The van der Waals surface area contributed by atoms with Crippen LogP contribution >= 0.6 is 22.9 Å². The van der Waals surface area contributed by atoms with Crippen LogP contribution in [0.15, 0.2) is 35.7 Å². The Morgan fingerprint density at radius 2 is 1.97 bits per heavy atom. The van der Waals surface area contributed by atoms with Gasteiger partial charge >= 0.3 is 0 Å². The molecule has 0 unspecified atom stereocenters. The van der Waals surface area contributed by atoms with Gasteiger partial charge in [0.15, 0.2) is 0 Å². The van der Waals surface area contributed by atoms with Crippen LogP contribution < -0.4 is 0 Å². The van der Waals surface area contributed by atoms with Crippen LogP contribution in [0.1, 0.15) is 62.1 Å². The second kappa shape index (κ2) is 9.77. The Labute approximate surface area is 182 Å². The number of hydrogen-bond donors (Lipinski definition) is 0. The van der Waals surface area contributed by atoms with Crippen molar-refractivity contribution in [3.63, 3.8) is 0 Å². The fourth-order valence-corrected chi connectivity index (χ4v) is 4.89. The van der Waals surface area contributed by atoms with Crippen molar-refractivity contribution in [2.75, 3.05) is 13.1 Å². The predicted octanol–water partition coefficient (Wildman–Crippen LogP) is 5.30. The van der Waals surface area contributed by atoms with Gasteiger partial charge in [-0.2, -0.15) is 0 Å². The smallest absolute Gasteiger partial charge is 0.243 e. The Morgan fingerprint density at radius 1 is 1.24 bits per heavy atom. The molecular weight excluding hydrogens is 404 g/mol. The summed E-state index contributed by atoms with van der Waals surface area (Å²) < 4.78 is 0. The van der Waals surface area contributed by atoms with Gasteiger partial charge in [0.25, 0.3) is 0 Å². The molecular formula is C23H29ClN2O2S. The molecule has 4 nitrogen and oxygen atoms in total. The van der Waals surface area contributed by atoms with Crippen LogP contribution in [0, 0.1) is 0 Å². The minimum atomic E-state index is -0.130. The fourth-order valence-electron chi connectivity index (χ4n) is 3.86. The Balaban J connectivity index is 1.85. The zero-order chi connectivity index (χ0) is 21.0. The molecule has 0 N–H and O–H groups in total. The van der Waals surface area contributed by atoms with Crippen LogP contribution in [-0.4, -0.2) is 40.7 Å². The lowest BCUT2D eigenvalue weighted by Crippen LogP contribution is -2.48. The highest BCUT2D eigenvalue weighted by atomic mass is 35.5. The Bertz CT molecular complexity index is 847. The van der Waals surface area contributed by atoms with Crippen LogP contribution in [0.5, 0.6) is 0 Å². The van der Waals surface area contributed by atoms with Crippen molar-refractivity contribution in [3.05, 3.63) is 56.7 Å². The SMILES string of the molecule is CCCCC(=O)N(CC(=O)N1CCc2sccc2[C@H]1c1ccc(Cl)cc1)C(C)C. The molecule has 6 heteroatoms. The molecule has 2 amide bonds. The summed E-state index contributed by atoms with van der Waals surface area (Å²) in [6, 6.07) is 9.71. The van der Waals surface area contributed by atoms with E-state index in [1.165, 1.54) is 10.4 Å². The fraction of sp³-hybridized carbons (Fsp3) is 0.478.